The van der Waals surface area contributed by atoms with E-state index in [-0.39, 0.29) is 49.8 Å². The number of esters is 1. The van der Waals surface area contributed by atoms with Gasteiger partial charge in [0, 0.05) is 25.9 Å². The Hall–Kier alpha value is -2.93. The van der Waals surface area contributed by atoms with Gasteiger partial charge in [0.15, 0.2) is 0 Å². The fourth-order valence-corrected chi connectivity index (χ4v) is 3.01. The number of hydrogen-bond acceptors (Lipinski definition) is 8. The van der Waals surface area contributed by atoms with Gasteiger partial charge in [-0.1, -0.05) is 0 Å². The molecule has 0 aromatic carbocycles. The van der Waals surface area contributed by atoms with E-state index < -0.39 is 30.0 Å². The van der Waals surface area contributed by atoms with Gasteiger partial charge < -0.3 is 35.8 Å². The lowest BCUT2D eigenvalue weighted by Gasteiger charge is -2.25. The molecule has 0 unspecified atom stereocenters. The first-order valence-electron chi connectivity index (χ1n) is 11.4. The van der Waals surface area contributed by atoms with Crippen LogP contribution < -0.4 is 11.1 Å². The smallest absolute Gasteiger partial charge is 0.323 e. The van der Waals surface area contributed by atoms with Gasteiger partial charge in [-0.2, -0.15) is 0 Å². The van der Waals surface area contributed by atoms with Crippen LogP contribution >= 0.6 is 12.4 Å². The van der Waals surface area contributed by atoms with Crippen LogP contribution in [0.3, 0.4) is 0 Å². The molecule has 36 heavy (non-hydrogen) atoms. The lowest BCUT2D eigenvalue weighted by Crippen LogP contribution is -2.44. The topological polar surface area (TPSA) is 197 Å². The quantitative estimate of drug-likeness (QED) is 0.320. The highest BCUT2D eigenvalue weighted by Crippen LogP contribution is 2.10. The Bertz CT molecular complexity index is 756. The maximum absolute atomic E-state index is 11.3. The molecule has 14 heteroatoms. The molecule has 0 aromatic heterocycles. The molecule has 2 aliphatic heterocycles. The monoisotopic (exact) mass is 538 g/mol. The molecule has 5 N–H and O–H groups in total. The average molecular weight is 539 g/mol. The van der Waals surface area contributed by atoms with Crippen molar-refractivity contribution in [1.82, 2.24) is 15.1 Å². The van der Waals surface area contributed by atoms with Gasteiger partial charge in [0.2, 0.25) is 17.7 Å². The predicted molar refractivity (Wildman–Crippen MR) is 131 cm³/mol. The fraction of sp³-hybridized carbons (Fsp3) is 0.727. The van der Waals surface area contributed by atoms with Crippen molar-refractivity contribution in [2.24, 2.45) is 5.73 Å². The standard InChI is InChI=1S/C9H14N2O4.C7H11NO3.C6H13NO2.ClH/c12-7(10-5-9(14)15)6-11-4-2-1-3-8(11)13;9-6-3-1-2-4-8(6)5-7(10)11;1-6(2,3)9-5(8)4-7;/h1-6H2,(H,10,12)(H,14,15);1-5H2,(H,10,11);4,7H2,1-3H3;1H. The molecule has 0 saturated carbocycles. The number of aliphatic carboxylic acids is 2. The highest BCUT2D eigenvalue weighted by molar-refractivity contribution is 5.87. The number of carboxylic acids is 2. The lowest BCUT2D eigenvalue weighted by molar-refractivity contribution is -0.153. The number of likely N-dealkylation sites (tertiary alicyclic amines) is 2. The SMILES string of the molecule is CC(C)(C)OC(=O)CN.Cl.O=C(O)CN1CCCCC1=O.O=C(O)CNC(=O)CN1CCCCC1=O. The summed E-state index contributed by atoms with van der Waals surface area (Å²) in [5.41, 5.74) is 4.60. The van der Waals surface area contributed by atoms with Crippen LogP contribution in [0.4, 0.5) is 0 Å². The zero-order valence-electron chi connectivity index (χ0n) is 21.1. The molecule has 0 aromatic rings. The number of ether oxygens (including phenoxy) is 1. The molecule has 2 rings (SSSR count). The minimum absolute atomic E-state index is 0. The van der Waals surface area contributed by atoms with E-state index in [0.717, 1.165) is 25.7 Å². The van der Waals surface area contributed by atoms with E-state index in [0.29, 0.717) is 25.9 Å². The second kappa shape index (κ2) is 18.4. The van der Waals surface area contributed by atoms with Gasteiger partial charge in [-0.15, -0.1) is 12.4 Å². The van der Waals surface area contributed by atoms with Crippen LogP contribution in [0.25, 0.3) is 0 Å². The first-order valence-corrected chi connectivity index (χ1v) is 11.4. The molecule has 13 nitrogen and oxygen atoms in total. The van der Waals surface area contributed by atoms with Crippen molar-refractivity contribution >= 4 is 48.0 Å². The largest absolute Gasteiger partial charge is 0.480 e. The number of carbonyl (C=O) groups is 6. The van der Waals surface area contributed by atoms with Crippen LogP contribution in [-0.2, 0) is 33.5 Å². The number of carbonyl (C=O) groups excluding carboxylic acids is 4. The van der Waals surface area contributed by atoms with Crippen LogP contribution in [-0.4, -0.2) is 101 Å². The summed E-state index contributed by atoms with van der Waals surface area (Å²) >= 11 is 0. The Morgan fingerprint density at radius 1 is 0.889 bits per heavy atom. The number of rotatable bonds is 7. The molecular formula is C22H39ClN4O9. The van der Waals surface area contributed by atoms with E-state index in [1.54, 1.807) is 20.8 Å². The molecule has 3 amide bonds. The molecule has 0 atom stereocenters. The van der Waals surface area contributed by atoms with Crippen molar-refractivity contribution in [3.05, 3.63) is 0 Å². The Kier molecular flexibility index (Phi) is 18.0. The van der Waals surface area contributed by atoms with E-state index >= 15 is 0 Å². The summed E-state index contributed by atoms with van der Waals surface area (Å²) in [5.74, 6) is -2.87. The minimum atomic E-state index is -1.09. The number of nitrogens with one attached hydrogen (secondary N) is 1. The molecule has 2 heterocycles. The summed E-state index contributed by atoms with van der Waals surface area (Å²) in [5, 5.41) is 18.9. The molecule has 208 valence electrons. The second-order valence-electron chi connectivity index (χ2n) is 8.90. The predicted octanol–water partition coefficient (Wildman–Crippen LogP) is -0.00820. The third kappa shape index (κ3) is 18.4. The van der Waals surface area contributed by atoms with Gasteiger partial charge in [0.1, 0.15) is 18.7 Å². The molecule has 0 spiro atoms. The van der Waals surface area contributed by atoms with Crippen molar-refractivity contribution in [2.75, 3.05) is 39.3 Å². The summed E-state index contributed by atoms with van der Waals surface area (Å²) in [6.07, 6.45) is 4.58. The molecule has 0 aliphatic carbocycles. The van der Waals surface area contributed by atoms with Gasteiger partial charge >= 0.3 is 17.9 Å². The van der Waals surface area contributed by atoms with E-state index in [2.05, 4.69) is 5.32 Å². The maximum atomic E-state index is 11.3. The zero-order chi connectivity index (χ0) is 27.0. The van der Waals surface area contributed by atoms with Crippen molar-refractivity contribution in [2.45, 2.75) is 64.9 Å². The maximum Gasteiger partial charge on any atom is 0.323 e. The van der Waals surface area contributed by atoms with E-state index in [4.69, 9.17) is 20.7 Å². The van der Waals surface area contributed by atoms with Gasteiger partial charge in [-0.05, 0) is 46.5 Å². The molecule has 0 radical (unpaired) electrons. The molecule has 2 aliphatic rings. The summed E-state index contributed by atoms with van der Waals surface area (Å²) in [6, 6.07) is 0. The first kappa shape index (κ1) is 35.2. The fourth-order valence-electron chi connectivity index (χ4n) is 3.01. The molecule has 2 fully saturated rings. The van der Waals surface area contributed by atoms with Gasteiger partial charge in [0.05, 0.1) is 13.1 Å². The Morgan fingerprint density at radius 3 is 1.69 bits per heavy atom. The Balaban J connectivity index is 0. The highest BCUT2D eigenvalue weighted by atomic mass is 35.5. The van der Waals surface area contributed by atoms with Crippen LogP contribution in [0, 0.1) is 0 Å². The molecule has 0 bridgehead atoms. The number of halogens is 1. The van der Waals surface area contributed by atoms with Gasteiger partial charge in [-0.25, -0.2) is 0 Å². The number of piperidine rings is 2. The lowest BCUT2D eigenvalue weighted by atomic mass is 10.1. The number of nitrogens with zero attached hydrogens (tertiary/aromatic N) is 2. The number of amides is 3. The first-order chi connectivity index (χ1) is 16.2. The summed E-state index contributed by atoms with van der Waals surface area (Å²) in [6.45, 7) is 5.98. The van der Waals surface area contributed by atoms with Crippen molar-refractivity contribution in [3.63, 3.8) is 0 Å². The number of carboxylic acid groups (broad SMARTS) is 2. The Morgan fingerprint density at radius 2 is 1.36 bits per heavy atom. The van der Waals surface area contributed by atoms with Crippen molar-refractivity contribution in [1.29, 1.82) is 0 Å². The third-order valence-electron chi connectivity index (χ3n) is 4.53. The molecular weight excluding hydrogens is 500 g/mol. The van der Waals surface area contributed by atoms with Crippen LogP contribution in [0.2, 0.25) is 0 Å². The average Bonchev–Trinajstić information content (AvgIpc) is 2.75. The summed E-state index contributed by atoms with van der Waals surface area (Å²) < 4.78 is 4.82. The van der Waals surface area contributed by atoms with Crippen LogP contribution in [0.1, 0.15) is 59.3 Å². The zero-order valence-corrected chi connectivity index (χ0v) is 21.9. The van der Waals surface area contributed by atoms with E-state index in [1.165, 1.54) is 9.80 Å². The van der Waals surface area contributed by atoms with Gasteiger partial charge in [0.25, 0.3) is 0 Å². The normalized spacial score (nSPS) is 15.2. The van der Waals surface area contributed by atoms with Gasteiger partial charge in [-0.3, -0.25) is 28.8 Å². The Labute approximate surface area is 217 Å². The van der Waals surface area contributed by atoms with Crippen LogP contribution in [0.15, 0.2) is 0 Å². The summed E-state index contributed by atoms with van der Waals surface area (Å²) in [7, 11) is 0. The highest BCUT2D eigenvalue weighted by Gasteiger charge is 2.21. The number of hydrogen-bond donors (Lipinski definition) is 4. The summed E-state index contributed by atoms with van der Waals surface area (Å²) in [4.78, 5) is 67.2. The third-order valence-corrected chi connectivity index (χ3v) is 4.53. The van der Waals surface area contributed by atoms with Crippen molar-refractivity contribution in [3.8, 4) is 0 Å². The minimum Gasteiger partial charge on any atom is -0.480 e. The van der Waals surface area contributed by atoms with E-state index in [9.17, 15) is 28.8 Å². The molecule has 2 saturated heterocycles. The van der Waals surface area contributed by atoms with Crippen molar-refractivity contribution < 1.29 is 43.7 Å². The van der Waals surface area contributed by atoms with E-state index in [1.807, 2.05) is 0 Å². The second-order valence-corrected chi connectivity index (χ2v) is 8.90. The van der Waals surface area contributed by atoms with Crippen LogP contribution in [0.5, 0.6) is 0 Å². The number of nitrogens with two attached hydrogens (primary N) is 1.